The highest BCUT2D eigenvalue weighted by Crippen LogP contribution is 2.17. The van der Waals surface area contributed by atoms with Crippen LogP contribution >= 0.6 is 11.8 Å². The molecule has 0 unspecified atom stereocenters. The Morgan fingerprint density at radius 1 is 1.41 bits per heavy atom. The number of nitrogens with two attached hydrogens (primary N) is 1. The molecule has 0 saturated carbocycles. The number of nitrogens with one attached hydrogen (secondary N) is 1. The zero-order chi connectivity index (χ0) is 16.1. The first-order valence-corrected chi connectivity index (χ1v) is 7.50. The Kier molecular flexibility index (Phi) is 4.96. The fourth-order valence-corrected chi connectivity index (χ4v) is 2.30. The summed E-state index contributed by atoms with van der Waals surface area (Å²) in [7, 11) is 0. The summed E-state index contributed by atoms with van der Waals surface area (Å²) < 4.78 is 0. The first-order chi connectivity index (χ1) is 10.5. The monoisotopic (exact) mass is 313 g/mol. The van der Waals surface area contributed by atoms with E-state index in [9.17, 15) is 4.79 Å². The summed E-state index contributed by atoms with van der Waals surface area (Å²) in [4.78, 5) is 19.9. The van der Waals surface area contributed by atoms with Crippen molar-refractivity contribution in [3.8, 4) is 6.07 Å². The molecule has 0 saturated heterocycles. The molecule has 2 rings (SSSR count). The van der Waals surface area contributed by atoms with Crippen LogP contribution in [-0.2, 0) is 4.79 Å². The zero-order valence-electron chi connectivity index (χ0n) is 12.3. The van der Waals surface area contributed by atoms with E-state index >= 15 is 0 Å². The third-order valence-electron chi connectivity index (χ3n) is 3.04. The van der Waals surface area contributed by atoms with Crippen molar-refractivity contribution >= 4 is 29.2 Å². The Labute approximate surface area is 132 Å². The first-order valence-electron chi connectivity index (χ1n) is 6.52. The van der Waals surface area contributed by atoms with Crippen LogP contribution in [0.5, 0.6) is 0 Å². The lowest BCUT2D eigenvalue weighted by atomic mass is 10.1. The molecule has 6 nitrogen and oxygen atoms in total. The van der Waals surface area contributed by atoms with E-state index in [1.807, 2.05) is 38.1 Å². The molecule has 1 aromatic carbocycles. The number of aryl methyl sites for hydroxylation is 2. The van der Waals surface area contributed by atoms with Gasteiger partial charge in [-0.2, -0.15) is 5.26 Å². The van der Waals surface area contributed by atoms with Crippen molar-refractivity contribution in [2.45, 2.75) is 19.0 Å². The molecule has 0 aliphatic heterocycles. The van der Waals surface area contributed by atoms with Gasteiger partial charge in [-0.05, 0) is 37.1 Å². The maximum absolute atomic E-state index is 11.9. The summed E-state index contributed by atoms with van der Waals surface area (Å²) in [6.07, 6.45) is 1.35. The minimum absolute atomic E-state index is 0.120. The van der Waals surface area contributed by atoms with E-state index in [2.05, 4.69) is 15.3 Å². The maximum Gasteiger partial charge on any atom is 0.234 e. The summed E-state index contributed by atoms with van der Waals surface area (Å²) in [5, 5.41) is 11.9. The molecular weight excluding hydrogens is 298 g/mol. The number of rotatable bonds is 4. The summed E-state index contributed by atoms with van der Waals surface area (Å²) in [6, 6.07) is 7.64. The van der Waals surface area contributed by atoms with Crippen molar-refractivity contribution in [2.24, 2.45) is 0 Å². The first kappa shape index (κ1) is 15.8. The fourth-order valence-electron chi connectivity index (χ4n) is 1.68. The van der Waals surface area contributed by atoms with Gasteiger partial charge in [0.15, 0.2) is 5.16 Å². The second kappa shape index (κ2) is 6.91. The van der Waals surface area contributed by atoms with Crippen molar-refractivity contribution in [3.63, 3.8) is 0 Å². The molecule has 22 heavy (non-hydrogen) atoms. The van der Waals surface area contributed by atoms with Crippen molar-refractivity contribution in [3.05, 3.63) is 41.1 Å². The zero-order valence-corrected chi connectivity index (χ0v) is 13.1. The van der Waals surface area contributed by atoms with Gasteiger partial charge in [0, 0.05) is 5.69 Å². The third kappa shape index (κ3) is 3.96. The molecular formula is C15H15N5OS. The van der Waals surface area contributed by atoms with Crippen molar-refractivity contribution < 1.29 is 4.79 Å². The standard InChI is InChI=1S/C15H15N5OS/c1-9-3-4-12(5-10(9)2)19-13(21)8-22-15-18-7-11(6-16)14(17)20-15/h3-5,7H,8H2,1-2H3,(H,19,21)(H2,17,18,20). The second-order valence-electron chi connectivity index (χ2n) is 4.70. The van der Waals surface area contributed by atoms with Crippen LogP contribution in [0.25, 0.3) is 0 Å². The lowest BCUT2D eigenvalue weighted by Gasteiger charge is -2.07. The summed E-state index contributed by atoms with van der Waals surface area (Å²) in [6.45, 7) is 4.01. The van der Waals surface area contributed by atoms with Crippen LogP contribution in [0.2, 0.25) is 0 Å². The van der Waals surface area contributed by atoms with Gasteiger partial charge < -0.3 is 11.1 Å². The number of hydrogen-bond acceptors (Lipinski definition) is 6. The van der Waals surface area contributed by atoms with Crippen LogP contribution < -0.4 is 11.1 Å². The Bertz CT molecular complexity index is 754. The number of nitrogens with zero attached hydrogens (tertiary/aromatic N) is 3. The molecule has 7 heteroatoms. The highest BCUT2D eigenvalue weighted by Gasteiger charge is 2.08. The number of amides is 1. The average Bonchev–Trinajstić information content (AvgIpc) is 2.49. The van der Waals surface area contributed by atoms with E-state index < -0.39 is 0 Å². The molecule has 0 atom stereocenters. The van der Waals surface area contributed by atoms with E-state index in [-0.39, 0.29) is 23.0 Å². The summed E-state index contributed by atoms with van der Waals surface area (Å²) in [5.41, 5.74) is 8.88. The number of thioether (sulfide) groups is 1. The van der Waals surface area contributed by atoms with Crippen LogP contribution in [0, 0.1) is 25.2 Å². The molecule has 0 fully saturated rings. The molecule has 112 valence electrons. The van der Waals surface area contributed by atoms with Gasteiger partial charge in [-0.1, -0.05) is 17.8 Å². The van der Waals surface area contributed by atoms with Gasteiger partial charge in [0.2, 0.25) is 5.91 Å². The lowest BCUT2D eigenvalue weighted by molar-refractivity contribution is -0.113. The number of hydrogen-bond donors (Lipinski definition) is 2. The van der Waals surface area contributed by atoms with Gasteiger partial charge in [-0.25, -0.2) is 9.97 Å². The molecule has 0 spiro atoms. The smallest absolute Gasteiger partial charge is 0.234 e. The normalized spacial score (nSPS) is 10.0. The number of carbonyl (C=O) groups is 1. The topological polar surface area (TPSA) is 105 Å². The predicted molar refractivity (Wildman–Crippen MR) is 86.4 cm³/mol. The number of benzene rings is 1. The van der Waals surface area contributed by atoms with Gasteiger partial charge >= 0.3 is 0 Å². The highest BCUT2D eigenvalue weighted by atomic mass is 32.2. The van der Waals surface area contributed by atoms with E-state index in [1.54, 1.807) is 0 Å². The van der Waals surface area contributed by atoms with Crippen LogP contribution in [0.1, 0.15) is 16.7 Å². The molecule has 2 aromatic rings. The molecule has 3 N–H and O–H groups in total. The van der Waals surface area contributed by atoms with Gasteiger partial charge in [0.05, 0.1) is 11.9 Å². The SMILES string of the molecule is Cc1ccc(NC(=O)CSc2ncc(C#N)c(N)n2)cc1C. The minimum atomic E-state index is -0.153. The highest BCUT2D eigenvalue weighted by molar-refractivity contribution is 7.99. The fraction of sp³-hybridized carbons (Fsp3) is 0.200. The molecule has 1 aromatic heterocycles. The van der Waals surface area contributed by atoms with Crippen LogP contribution in [-0.4, -0.2) is 21.6 Å². The van der Waals surface area contributed by atoms with E-state index in [4.69, 9.17) is 11.0 Å². The molecule has 1 amide bonds. The van der Waals surface area contributed by atoms with E-state index in [0.29, 0.717) is 5.16 Å². The number of anilines is 2. The third-order valence-corrected chi connectivity index (χ3v) is 3.90. The van der Waals surface area contributed by atoms with Crippen molar-refractivity contribution in [2.75, 3.05) is 16.8 Å². The molecule has 0 radical (unpaired) electrons. The lowest BCUT2D eigenvalue weighted by Crippen LogP contribution is -2.14. The van der Waals surface area contributed by atoms with E-state index in [1.165, 1.54) is 11.8 Å². The average molecular weight is 313 g/mol. The molecule has 0 bridgehead atoms. The van der Waals surface area contributed by atoms with Gasteiger partial charge in [-0.15, -0.1) is 0 Å². The van der Waals surface area contributed by atoms with Crippen molar-refractivity contribution in [1.82, 2.24) is 9.97 Å². The Hall–Kier alpha value is -2.59. The Morgan fingerprint density at radius 2 is 2.18 bits per heavy atom. The van der Waals surface area contributed by atoms with Crippen LogP contribution in [0.3, 0.4) is 0 Å². The number of nitriles is 1. The van der Waals surface area contributed by atoms with Crippen molar-refractivity contribution in [1.29, 1.82) is 5.26 Å². The van der Waals surface area contributed by atoms with Gasteiger partial charge in [-0.3, -0.25) is 4.79 Å². The quantitative estimate of drug-likeness (QED) is 0.662. The van der Waals surface area contributed by atoms with Gasteiger partial charge in [0.25, 0.3) is 0 Å². The van der Waals surface area contributed by atoms with Crippen LogP contribution in [0.4, 0.5) is 11.5 Å². The number of carbonyl (C=O) groups excluding carboxylic acids is 1. The van der Waals surface area contributed by atoms with E-state index in [0.717, 1.165) is 23.0 Å². The number of aromatic nitrogens is 2. The molecule has 0 aliphatic carbocycles. The second-order valence-corrected chi connectivity index (χ2v) is 5.64. The maximum atomic E-state index is 11.9. The van der Waals surface area contributed by atoms with Gasteiger partial charge in [0.1, 0.15) is 17.5 Å². The predicted octanol–water partition coefficient (Wildman–Crippen LogP) is 2.28. The largest absolute Gasteiger partial charge is 0.382 e. The number of nitrogen functional groups attached to an aromatic ring is 1. The summed E-state index contributed by atoms with van der Waals surface area (Å²) >= 11 is 1.16. The summed E-state index contributed by atoms with van der Waals surface area (Å²) in [5.74, 6) is 0.132. The minimum Gasteiger partial charge on any atom is -0.382 e. The Morgan fingerprint density at radius 3 is 2.82 bits per heavy atom. The molecule has 0 aliphatic rings. The van der Waals surface area contributed by atoms with Crippen LogP contribution in [0.15, 0.2) is 29.6 Å². The molecule has 1 heterocycles. The Balaban J connectivity index is 1.94.